The van der Waals surface area contributed by atoms with Crippen molar-refractivity contribution in [2.24, 2.45) is 5.92 Å². The van der Waals surface area contributed by atoms with E-state index in [4.69, 9.17) is 11.6 Å². The largest absolute Gasteiger partial charge is 0.354 e. The van der Waals surface area contributed by atoms with Gasteiger partial charge in [0.2, 0.25) is 0 Å². The second-order valence-corrected chi connectivity index (χ2v) is 5.38. The topological polar surface area (TPSA) is 29.0 Å². The van der Waals surface area contributed by atoms with Gasteiger partial charge < -0.3 is 4.90 Å². The van der Waals surface area contributed by atoms with Crippen LogP contribution in [0, 0.1) is 5.92 Å². The van der Waals surface area contributed by atoms with Crippen LogP contribution in [0.4, 0.5) is 5.82 Å². The average Bonchev–Trinajstić information content (AvgIpc) is 2.44. The Morgan fingerprint density at radius 1 is 1.47 bits per heavy atom. The van der Waals surface area contributed by atoms with Crippen LogP contribution in [0.5, 0.6) is 0 Å². The molecule has 1 aliphatic rings. The van der Waals surface area contributed by atoms with Crippen molar-refractivity contribution in [2.75, 3.05) is 29.5 Å². The van der Waals surface area contributed by atoms with Crippen molar-refractivity contribution in [3.63, 3.8) is 0 Å². The Morgan fingerprint density at radius 3 is 3.07 bits per heavy atom. The Labute approximate surface area is 99.2 Å². The van der Waals surface area contributed by atoms with E-state index in [2.05, 4.69) is 22.0 Å². The van der Waals surface area contributed by atoms with Gasteiger partial charge in [-0.25, -0.2) is 0 Å². The van der Waals surface area contributed by atoms with E-state index in [0.29, 0.717) is 11.1 Å². The molecule has 1 saturated heterocycles. The maximum atomic E-state index is 5.72. The molecule has 0 amide bonds. The summed E-state index contributed by atoms with van der Waals surface area (Å²) in [5.41, 5.74) is 0. The maximum Gasteiger partial charge on any atom is 0.151 e. The summed E-state index contributed by atoms with van der Waals surface area (Å²) in [5.74, 6) is 4.04. The summed E-state index contributed by atoms with van der Waals surface area (Å²) < 4.78 is 0. The van der Waals surface area contributed by atoms with E-state index in [0.717, 1.165) is 24.7 Å². The molecule has 0 bridgehead atoms. The predicted octanol–water partition coefficient (Wildman–Crippen LogP) is 2.32. The Morgan fingerprint density at radius 2 is 2.33 bits per heavy atom. The zero-order chi connectivity index (χ0) is 10.7. The molecule has 1 aromatic heterocycles. The summed E-state index contributed by atoms with van der Waals surface area (Å²) in [5, 5.41) is 8.44. The minimum Gasteiger partial charge on any atom is -0.354 e. The van der Waals surface area contributed by atoms with Gasteiger partial charge in [0.25, 0.3) is 0 Å². The second-order valence-electron chi connectivity index (χ2n) is 3.84. The Hall–Kier alpha value is -0.480. The summed E-state index contributed by atoms with van der Waals surface area (Å²) in [6.07, 6.45) is 0. The third-order valence-electron chi connectivity index (χ3n) is 2.38. The lowest BCUT2D eigenvalue weighted by Crippen LogP contribution is -2.29. The van der Waals surface area contributed by atoms with Crippen LogP contribution in [0.15, 0.2) is 12.1 Å². The minimum absolute atomic E-state index is 0.455. The van der Waals surface area contributed by atoms with E-state index in [1.54, 1.807) is 6.07 Å². The third kappa shape index (κ3) is 2.98. The minimum atomic E-state index is 0.455. The summed E-state index contributed by atoms with van der Waals surface area (Å²) in [6.45, 7) is 4.38. The molecule has 3 nitrogen and oxygen atoms in total. The number of aromatic nitrogens is 2. The zero-order valence-corrected chi connectivity index (χ0v) is 10.3. The second kappa shape index (κ2) is 5.03. The van der Waals surface area contributed by atoms with Gasteiger partial charge in [0.05, 0.1) is 0 Å². The molecule has 1 fully saturated rings. The molecule has 1 atom stereocenters. The van der Waals surface area contributed by atoms with E-state index < -0.39 is 0 Å². The highest BCUT2D eigenvalue weighted by Gasteiger charge is 2.16. The fraction of sp³-hybridized carbons (Fsp3) is 0.600. The van der Waals surface area contributed by atoms with Crippen LogP contribution in [0.2, 0.25) is 5.15 Å². The van der Waals surface area contributed by atoms with Gasteiger partial charge in [-0.2, -0.15) is 11.8 Å². The highest BCUT2D eigenvalue weighted by atomic mass is 35.5. The summed E-state index contributed by atoms with van der Waals surface area (Å²) in [7, 11) is 0. The van der Waals surface area contributed by atoms with Crippen LogP contribution < -0.4 is 4.90 Å². The number of rotatable bonds is 1. The molecule has 0 aliphatic carbocycles. The van der Waals surface area contributed by atoms with Gasteiger partial charge >= 0.3 is 0 Å². The molecule has 0 aromatic carbocycles. The SMILES string of the molecule is CC1CSCCN(c2ccc(Cl)nn2)C1. The standard InChI is InChI=1S/C10H14ClN3S/c1-8-6-14(4-5-15-7-8)10-3-2-9(11)12-13-10/h2-3,8H,4-7H2,1H3. The maximum absolute atomic E-state index is 5.72. The molecule has 5 heteroatoms. The number of nitrogens with zero attached hydrogens (tertiary/aromatic N) is 3. The average molecular weight is 244 g/mol. The first kappa shape index (κ1) is 11.0. The van der Waals surface area contributed by atoms with Crippen molar-refractivity contribution in [1.29, 1.82) is 0 Å². The molecule has 1 aliphatic heterocycles. The van der Waals surface area contributed by atoms with Gasteiger partial charge in [-0.3, -0.25) is 0 Å². The molecule has 0 spiro atoms. The molecule has 0 saturated carbocycles. The molecule has 2 rings (SSSR count). The summed E-state index contributed by atoms with van der Waals surface area (Å²) in [4.78, 5) is 2.29. The molecular weight excluding hydrogens is 230 g/mol. The van der Waals surface area contributed by atoms with Crippen LogP contribution >= 0.6 is 23.4 Å². The van der Waals surface area contributed by atoms with Crippen molar-refractivity contribution < 1.29 is 0 Å². The molecule has 0 N–H and O–H groups in total. The first-order valence-corrected chi connectivity index (χ1v) is 6.61. The van der Waals surface area contributed by atoms with Crippen molar-refractivity contribution >= 4 is 29.2 Å². The van der Waals surface area contributed by atoms with Gasteiger partial charge in [-0.05, 0) is 23.8 Å². The zero-order valence-electron chi connectivity index (χ0n) is 8.69. The van der Waals surface area contributed by atoms with Crippen LogP contribution in [0.25, 0.3) is 0 Å². The summed E-state index contributed by atoms with van der Waals surface area (Å²) in [6, 6.07) is 3.74. The van der Waals surface area contributed by atoms with Crippen LogP contribution in [0.3, 0.4) is 0 Å². The van der Waals surface area contributed by atoms with Crippen molar-refractivity contribution in [3.8, 4) is 0 Å². The number of thioether (sulfide) groups is 1. The first-order valence-electron chi connectivity index (χ1n) is 5.07. The highest BCUT2D eigenvalue weighted by Crippen LogP contribution is 2.20. The van der Waals surface area contributed by atoms with E-state index in [-0.39, 0.29) is 0 Å². The van der Waals surface area contributed by atoms with Crippen LogP contribution in [-0.2, 0) is 0 Å². The quantitative estimate of drug-likeness (QED) is 0.757. The van der Waals surface area contributed by atoms with Gasteiger partial charge in [0.15, 0.2) is 11.0 Å². The third-order valence-corrected chi connectivity index (χ3v) is 3.86. The number of hydrogen-bond donors (Lipinski definition) is 0. The number of anilines is 1. The van der Waals surface area contributed by atoms with Gasteiger partial charge in [0.1, 0.15) is 0 Å². The van der Waals surface area contributed by atoms with Gasteiger partial charge in [-0.15, -0.1) is 10.2 Å². The monoisotopic (exact) mass is 243 g/mol. The number of hydrogen-bond acceptors (Lipinski definition) is 4. The Balaban J connectivity index is 2.11. The normalized spacial score (nSPS) is 22.5. The molecule has 2 heterocycles. The van der Waals surface area contributed by atoms with Crippen LogP contribution in [-0.4, -0.2) is 34.8 Å². The molecule has 1 aromatic rings. The number of halogens is 1. The van der Waals surface area contributed by atoms with Gasteiger partial charge in [-0.1, -0.05) is 18.5 Å². The first-order chi connectivity index (χ1) is 7.25. The fourth-order valence-corrected chi connectivity index (χ4v) is 2.79. The van der Waals surface area contributed by atoms with Crippen molar-refractivity contribution in [3.05, 3.63) is 17.3 Å². The van der Waals surface area contributed by atoms with Crippen molar-refractivity contribution in [1.82, 2.24) is 10.2 Å². The van der Waals surface area contributed by atoms with E-state index in [1.165, 1.54) is 5.75 Å². The molecule has 15 heavy (non-hydrogen) atoms. The Bertz CT molecular complexity index is 317. The van der Waals surface area contributed by atoms with E-state index in [1.807, 2.05) is 17.8 Å². The predicted molar refractivity (Wildman–Crippen MR) is 65.7 cm³/mol. The molecular formula is C10H14ClN3S. The molecule has 0 radical (unpaired) electrons. The van der Waals surface area contributed by atoms with Crippen LogP contribution in [0.1, 0.15) is 6.92 Å². The smallest absolute Gasteiger partial charge is 0.151 e. The summed E-state index contributed by atoms with van der Waals surface area (Å²) >= 11 is 7.72. The van der Waals surface area contributed by atoms with Gasteiger partial charge in [0, 0.05) is 18.8 Å². The van der Waals surface area contributed by atoms with E-state index >= 15 is 0 Å². The lowest BCUT2D eigenvalue weighted by Gasteiger charge is -2.22. The fourth-order valence-electron chi connectivity index (χ4n) is 1.67. The molecule has 82 valence electrons. The highest BCUT2D eigenvalue weighted by molar-refractivity contribution is 7.99. The molecule has 1 unspecified atom stereocenters. The van der Waals surface area contributed by atoms with Crippen molar-refractivity contribution in [2.45, 2.75) is 6.92 Å². The lowest BCUT2D eigenvalue weighted by atomic mass is 10.2. The lowest BCUT2D eigenvalue weighted by molar-refractivity contribution is 0.632. The van der Waals surface area contributed by atoms with E-state index in [9.17, 15) is 0 Å². The Kier molecular flexibility index (Phi) is 3.70.